The first-order chi connectivity index (χ1) is 14.7. The predicted molar refractivity (Wildman–Crippen MR) is 113 cm³/mol. The van der Waals surface area contributed by atoms with Crippen LogP contribution in [0.4, 0.5) is 8.78 Å². The molecule has 1 aromatic heterocycles. The minimum Gasteiger partial charge on any atom is -0.496 e. The summed E-state index contributed by atoms with van der Waals surface area (Å²) in [5.74, 6) is -3.09. The zero-order valence-electron chi connectivity index (χ0n) is 17.9. The van der Waals surface area contributed by atoms with Gasteiger partial charge in [-0.25, -0.2) is 0 Å². The number of ether oxygens (including phenoxy) is 1. The lowest BCUT2D eigenvalue weighted by molar-refractivity contribution is -0.0556. The van der Waals surface area contributed by atoms with E-state index >= 15 is 0 Å². The van der Waals surface area contributed by atoms with Crippen LogP contribution in [0.1, 0.15) is 40.0 Å². The quantitative estimate of drug-likeness (QED) is 0.509. The predicted octanol–water partition coefficient (Wildman–Crippen LogP) is 3.21. The fourth-order valence-corrected chi connectivity index (χ4v) is 3.51. The van der Waals surface area contributed by atoms with Gasteiger partial charge in [-0.15, -0.1) is 0 Å². The Hall–Kier alpha value is -3.04. The number of carbonyl (C=O) groups excluding carboxylic acids is 1. The third-order valence-corrected chi connectivity index (χ3v) is 5.04. The molecular formula is C22H26F2N4O3. The Morgan fingerprint density at radius 1 is 1.35 bits per heavy atom. The third kappa shape index (κ3) is 4.67. The van der Waals surface area contributed by atoms with E-state index in [-0.39, 0.29) is 11.5 Å². The van der Waals surface area contributed by atoms with E-state index in [4.69, 9.17) is 9.84 Å². The summed E-state index contributed by atoms with van der Waals surface area (Å²) in [5.41, 5.74) is 1.84. The molecule has 0 fully saturated rings. The maximum absolute atomic E-state index is 13.9. The summed E-state index contributed by atoms with van der Waals surface area (Å²) in [5, 5.41) is 19.5. The molecule has 0 bridgehead atoms. The van der Waals surface area contributed by atoms with Gasteiger partial charge in [0.2, 0.25) is 0 Å². The van der Waals surface area contributed by atoms with Gasteiger partial charge in [0.1, 0.15) is 17.9 Å². The van der Waals surface area contributed by atoms with E-state index in [2.05, 4.69) is 15.5 Å². The van der Waals surface area contributed by atoms with Gasteiger partial charge in [-0.05, 0) is 38.7 Å². The van der Waals surface area contributed by atoms with Crippen molar-refractivity contribution < 1.29 is 23.4 Å². The maximum Gasteiger partial charge on any atom is 0.295 e. The van der Waals surface area contributed by atoms with E-state index in [0.29, 0.717) is 34.3 Å². The number of hydrogen-bond donors (Lipinski definition) is 3. The van der Waals surface area contributed by atoms with Gasteiger partial charge in [0.25, 0.3) is 11.8 Å². The first-order valence-corrected chi connectivity index (χ1v) is 9.76. The summed E-state index contributed by atoms with van der Waals surface area (Å²) in [7, 11) is 5.39. The number of halogens is 2. The molecule has 166 valence electrons. The van der Waals surface area contributed by atoms with Gasteiger partial charge in [-0.3, -0.25) is 9.89 Å². The zero-order valence-corrected chi connectivity index (χ0v) is 17.9. The summed E-state index contributed by atoms with van der Waals surface area (Å²) in [6, 6.07) is 6.86. The minimum absolute atomic E-state index is 0.305. The summed E-state index contributed by atoms with van der Waals surface area (Å²) in [6.45, 7) is 0.980. The number of nitrogens with one attached hydrogen (secondary N) is 2. The van der Waals surface area contributed by atoms with Crippen molar-refractivity contribution >= 4 is 16.8 Å². The number of methoxy groups -OCH3 is 1. The molecule has 1 amide bonds. The number of carbonyl (C=O) groups is 1. The molecule has 3 rings (SSSR count). The molecule has 7 nitrogen and oxygen atoms in total. The lowest BCUT2D eigenvalue weighted by Gasteiger charge is -2.19. The highest BCUT2D eigenvalue weighted by Crippen LogP contribution is 2.33. The second-order valence-electron chi connectivity index (χ2n) is 7.68. The van der Waals surface area contributed by atoms with E-state index < -0.39 is 18.6 Å². The van der Waals surface area contributed by atoms with Gasteiger partial charge < -0.3 is 20.1 Å². The highest BCUT2D eigenvalue weighted by molar-refractivity contribution is 6.07. The summed E-state index contributed by atoms with van der Waals surface area (Å²) >= 11 is 0. The lowest BCUT2D eigenvalue weighted by atomic mass is 10.0. The SMILES string of the molecule is COc1c(CN(C)C)cc(C(=O)N[C@H](C)c2cccc(C(F)(F)CO)c2)c2n[nH]cc12. The molecule has 1 atom stereocenters. The number of benzene rings is 2. The number of aromatic amines is 1. The Bertz CT molecular complexity index is 1080. The molecule has 0 spiro atoms. The summed E-state index contributed by atoms with van der Waals surface area (Å²) in [4.78, 5) is 15.1. The average molecular weight is 432 g/mol. The van der Waals surface area contributed by atoms with Crippen LogP contribution in [0.2, 0.25) is 0 Å². The van der Waals surface area contributed by atoms with E-state index in [9.17, 15) is 13.6 Å². The van der Waals surface area contributed by atoms with E-state index in [1.54, 1.807) is 32.4 Å². The molecule has 3 N–H and O–H groups in total. The Kier molecular flexibility index (Phi) is 6.56. The molecule has 9 heteroatoms. The monoisotopic (exact) mass is 432 g/mol. The maximum atomic E-state index is 13.9. The number of nitrogens with zero attached hydrogens (tertiary/aromatic N) is 2. The fraction of sp³-hybridized carbons (Fsp3) is 0.364. The molecule has 1 heterocycles. The molecule has 0 aliphatic rings. The van der Waals surface area contributed by atoms with Crippen molar-refractivity contribution in [1.29, 1.82) is 0 Å². The van der Waals surface area contributed by atoms with Crippen molar-refractivity contribution in [3.05, 3.63) is 58.8 Å². The number of amides is 1. The highest BCUT2D eigenvalue weighted by atomic mass is 19.3. The Morgan fingerprint density at radius 3 is 2.74 bits per heavy atom. The number of hydrogen-bond acceptors (Lipinski definition) is 5. The number of aromatic nitrogens is 2. The summed E-state index contributed by atoms with van der Waals surface area (Å²) in [6.07, 6.45) is 1.67. The van der Waals surface area contributed by atoms with Crippen LogP contribution < -0.4 is 10.1 Å². The average Bonchev–Trinajstić information content (AvgIpc) is 3.22. The van der Waals surface area contributed by atoms with E-state index in [1.807, 2.05) is 19.0 Å². The molecule has 0 radical (unpaired) electrons. The van der Waals surface area contributed by atoms with Crippen LogP contribution in [0.3, 0.4) is 0 Å². The van der Waals surface area contributed by atoms with Gasteiger partial charge >= 0.3 is 0 Å². The van der Waals surface area contributed by atoms with Gasteiger partial charge in [0, 0.05) is 23.9 Å². The van der Waals surface area contributed by atoms with E-state index in [1.165, 1.54) is 18.2 Å². The number of fused-ring (bicyclic) bond motifs is 1. The topological polar surface area (TPSA) is 90.5 Å². The largest absolute Gasteiger partial charge is 0.496 e. The smallest absolute Gasteiger partial charge is 0.295 e. The van der Waals surface area contributed by atoms with Gasteiger partial charge in [0.15, 0.2) is 0 Å². The van der Waals surface area contributed by atoms with Crippen molar-refractivity contribution in [3.8, 4) is 5.75 Å². The van der Waals surface area contributed by atoms with Crippen LogP contribution in [0.25, 0.3) is 10.9 Å². The fourth-order valence-electron chi connectivity index (χ4n) is 3.51. The van der Waals surface area contributed by atoms with E-state index in [0.717, 1.165) is 5.56 Å². The number of rotatable bonds is 8. The van der Waals surface area contributed by atoms with Crippen LogP contribution in [-0.2, 0) is 12.5 Å². The van der Waals surface area contributed by atoms with Crippen molar-refractivity contribution in [2.24, 2.45) is 0 Å². The number of H-pyrrole nitrogens is 1. The number of aliphatic hydroxyl groups is 1. The van der Waals surface area contributed by atoms with Crippen LogP contribution in [-0.4, -0.2) is 53.9 Å². The van der Waals surface area contributed by atoms with Crippen molar-refractivity contribution in [1.82, 2.24) is 20.4 Å². The Morgan fingerprint density at radius 2 is 2.10 bits per heavy atom. The highest BCUT2D eigenvalue weighted by Gasteiger charge is 2.31. The minimum atomic E-state index is -3.35. The first-order valence-electron chi connectivity index (χ1n) is 9.76. The first kappa shape index (κ1) is 22.6. The van der Waals surface area contributed by atoms with Crippen molar-refractivity contribution in [3.63, 3.8) is 0 Å². The Labute approximate surface area is 179 Å². The molecule has 0 unspecified atom stereocenters. The Balaban J connectivity index is 1.93. The molecule has 0 saturated heterocycles. The van der Waals surface area contributed by atoms with Gasteiger partial charge in [0.05, 0.1) is 24.1 Å². The molecule has 31 heavy (non-hydrogen) atoms. The zero-order chi connectivity index (χ0) is 22.8. The summed E-state index contributed by atoms with van der Waals surface area (Å²) < 4.78 is 33.2. The third-order valence-electron chi connectivity index (χ3n) is 5.04. The van der Waals surface area contributed by atoms with Crippen LogP contribution in [0.5, 0.6) is 5.75 Å². The van der Waals surface area contributed by atoms with Gasteiger partial charge in [-0.2, -0.15) is 13.9 Å². The van der Waals surface area contributed by atoms with Crippen LogP contribution in [0.15, 0.2) is 36.5 Å². The molecular weight excluding hydrogens is 406 g/mol. The number of aliphatic hydroxyl groups excluding tert-OH is 1. The number of alkyl halides is 2. The normalized spacial score (nSPS) is 12.9. The molecule has 2 aromatic carbocycles. The van der Waals surface area contributed by atoms with Crippen molar-refractivity contribution in [2.75, 3.05) is 27.8 Å². The second kappa shape index (κ2) is 8.99. The molecule has 3 aromatic rings. The van der Waals surface area contributed by atoms with Crippen molar-refractivity contribution in [2.45, 2.75) is 25.4 Å². The second-order valence-corrected chi connectivity index (χ2v) is 7.68. The molecule has 0 aliphatic carbocycles. The van der Waals surface area contributed by atoms with Crippen LogP contribution >= 0.6 is 0 Å². The standard InChI is InChI=1S/C22H26F2N4O3/c1-13(14-6-5-7-16(8-14)22(23,24)12-29)26-21(30)17-9-15(11-28(2)3)20(31-4)18-10-25-27-19(17)18/h5-10,13,29H,11-12H2,1-4H3,(H,25,27)(H,26,30)/t13-/m1/s1. The lowest BCUT2D eigenvalue weighted by Crippen LogP contribution is -2.28. The van der Waals surface area contributed by atoms with Gasteiger partial charge in [-0.1, -0.05) is 18.2 Å². The molecule has 0 saturated carbocycles. The van der Waals surface area contributed by atoms with Crippen LogP contribution in [0, 0.1) is 0 Å². The molecule has 0 aliphatic heterocycles.